The lowest BCUT2D eigenvalue weighted by atomic mass is 10.0. The van der Waals surface area contributed by atoms with Crippen LogP contribution in [0.4, 0.5) is 4.39 Å². The van der Waals surface area contributed by atoms with Crippen molar-refractivity contribution in [2.45, 2.75) is 38.3 Å². The molecule has 1 aromatic rings. The van der Waals surface area contributed by atoms with Crippen molar-refractivity contribution in [1.29, 1.82) is 0 Å². The minimum atomic E-state index is -0.354. The van der Waals surface area contributed by atoms with Crippen molar-refractivity contribution >= 4 is 17.5 Å². The minimum absolute atomic E-state index is 0.0302. The molecule has 0 radical (unpaired) electrons. The Balaban J connectivity index is 2.07. The Labute approximate surface area is 117 Å². The molecule has 0 bridgehead atoms. The quantitative estimate of drug-likeness (QED) is 0.896. The second kappa shape index (κ2) is 6.35. The lowest BCUT2D eigenvalue weighted by Crippen LogP contribution is -2.43. The molecule has 104 valence electrons. The fraction of sp³-hybridized carbons (Fsp3) is 0.500. The average molecular weight is 285 g/mol. The molecule has 1 aromatic carbocycles. The van der Waals surface area contributed by atoms with Crippen molar-refractivity contribution in [2.75, 3.05) is 6.54 Å². The van der Waals surface area contributed by atoms with Gasteiger partial charge in [0.15, 0.2) is 0 Å². The van der Waals surface area contributed by atoms with Crippen LogP contribution in [0.5, 0.6) is 0 Å². The van der Waals surface area contributed by atoms with Crippen molar-refractivity contribution in [2.24, 2.45) is 0 Å². The third kappa shape index (κ3) is 3.67. The van der Waals surface area contributed by atoms with Crippen LogP contribution in [0.1, 0.15) is 37.8 Å². The molecule has 0 saturated carbocycles. The second-order valence-electron chi connectivity index (χ2n) is 4.89. The molecule has 3 nitrogen and oxygen atoms in total. The largest absolute Gasteiger partial charge is 0.355 e. The van der Waals surface area contributed by atoms with Gasteiger partial charge in [0.2, 0.25) is 5.91 Å². The second-order valence-corrected chi connectivity index (χ2v) is 5.30. The number of rotatable bonds is 3. The molecular formula is C14H18ClFN2O. The lowest BCUT2D eigenvalue weighted by Gasteiger charge is -2.22. The molecular weight excluding hydrogens is 267 g/mol. The molecule has 2 unspecified atom stereocenters. The Morgan fingerprint density at radius 3 is 3.00 bits per heavy atom. The van der Waals surface area contributed by atoms with E-state index in [1.54, 1.807) is 6.07 Å². The highest BCUT2D eigenvalue weighted by atomic mass is 35.5. The number of carbonyl (C=O) groups is 1. The Bertz CT molecular complexity index is 467. The van der Waals surface area contributed by atoms with Gasteiger partial charge in [-0.3, -0.25) is 10.1 Å². The number of carbonyl (C=O) groups excluding carboxylic acids is 1. The van der Waals surface area contributed by atoms with E-state index in [2.05, 4.69) is 10.6 Å². The smallest absolute Gasteiger partial charge is 0.237 e. The summed E-state index contributed by atoms with van der Waals surface area (Å²) in [5.74, 6) is -0.323. The highest BCUT2D eigenvalue weighted by Crippen LogP contribution is 2.24. The summed E-state index contributed by atoms with van der Waals surface area (Å²) in [6.45, 7) is 2.67. The van der Waals surface area contributed by atoms with Crippen LogP contribution in [-0.4, -0.2) is 18.5 Å². The minimum Gasteiger partial charge on any atom is -0.355 e. The van der Waals surface area contributed by atoms with Crippen LogP contribution in [-0.2, 0) is 4.79 Å². The monoisotopic (exact) mass is 284 g/mol. The summed E-state index contributed by atoms with van der Waals surface area (Å²) in [6, 6.07) is 4.03. The van der Waals surface area contributed by atoms with Crippen LogP contribution < -0.4 is 10.6 Å². The van der Waals surface area contributed by atoms with Gasteiger partial charge >= 0.3 is 0 Å². The molecule has 0 spiro atoms. The summed E-state index contributed by atoms with van der Waals surface area (Å²) in [7, 11) is 0. The number of benzene rings is 1. The zero-order valence-electron chi connectivity index (χ0n) is 10.9. The van der Waals surface area contributed by atoms with Crippen LogP contribution in [0.3, 0.4) is 0 Å². The van der Waals surface area contributed by atoms with Gasteiger partial charge in [0, 0.05) is 17.6 Å². The maximum absolute atomic E-state index is 13.0. The molecule has 1 aliphatic heterocycles. The van der Waals surface area contributed by atoms with Crippen molar-refractivity contribution in [3.05, 3.63) is 34.6 Å². The lowest BCUT2D eigenvalue weighted by molar-refractivity contribution is -0.123. The third-order valence-corrected chi connectivity index (χ3v) is 3.74. The fourth-order valence-electron chi connectivity index (χ4n) is 2.34. The average Bonchev–Trinajstić information content (AvgIpc) is 2.55. The number of amides is 1. The first-order valence-corrected chi connectivity index (χ1v) is 6.94. The summed E-state index contributed by atoms with van der Waals surface area (Å²) in [5, 5.41) is 6.53. The molecule has 2 N–H and O–H groups in total. The first-order valence-electron chi connectivity index (χ1n) is 6.56. The van der Waals surface area contributed by atoms with E-state index in [1.807, 2.05) is 6.92 Å². The highest BCUT2D eigenvalue weighted by molar-refractivity contribution is 6.31. The molecule has 1 aliphatic rings. The molecule has 19 heavy (non-hydrogen) atoms. The Morgan fingerprint density at radius 1 is 1.47 bits per heavy atom. The van der Waals surface area contributed by atoms with E-state index in [9.17, 15) is 9.18 Å². The van der Waals surface area contributed by atoms with Crippen molar-refractivity contribution in [3.63, 3.8) is 0 Å². The molecule has 1 saturated heterocycles. The van der Waals surface area contributed by atoms with Gasteiger partial charge in [-0.15, -0.1) is 0 Å². The Hall–Kier alpha value is -1.13. The fourth-order valence-corrected chi connectivity index (χ4v) is 2.67. The van der Waals surface area contributed by atoms with E-state index in [0.717, 1.165) is 31.4 Å². The summed E-state index contributed by atoms with van der Waals surface area (Å²) >= 11 is 6.03. The normalized spacial score (nSPS) is 21.6. The van der Waals surface area contributed by atoms with Crippen LogP contribution in [0.15, 0.2) is 18.2 Å². The van der Waals surface area contributed by atoms with E-state index in [4.69, 9.17) is 11.6 Å². The van der Waals surface area contributed by atoms with Gasteiger partial charge in [0.05, 0.1) is 6.04 Å². The summed E-state index contributed by atoms with van der Waals surface area (Å²) in [5.41, 5.74) is 0.806. The molecule has 1 amide bonds. The first kappa shape index (κ1) is 14.3. The maximum Gasteiger partial charge on any atom is 0.237 e. The maximum atomic E-state index is 13.0. The van der Waals surface area contributed by atoms with Gasteiger partial charge in [-0.2, -0.15) is 0 Å². The molecule has 2 rings (SSSR count). The number of hydrogen-bond acceptors (Lipinski definition) is 2. The van der Waals surface area contributed by atoms with E-state index < -0.39 is 0 Å². The van der Waals surface area contributed by atoms with Gasteiger partial charge in [0.1, 0.15) is 5.82 Å². The third-order valence-electron chi connectivity index (χ3n) is 3.42. The molecule has 1 fully saturated rings. The summed E-state index contributed by atoms with van der Waals surface area (Å²) in [6.07, 6.45) is 2.84. The Kier molecular flexibility index (Phi) is 4.77. The number of nitrogens with one attached hydrogen (secondary N) is 2. The van der Waals surface area contributed by atoms with Crippen LogP contribution in [0, 0.1) is 5.82 Å². The van der Waals surface area contributed by atoms with Crippen molar-refractivity contribution < 1.29 is 9.18 Å². The molecule has 2 atom stereocenters. The van der Waals surface area contributed by atoms with Crippen LogP contribution in [0.2, 0.25) is 5.02 Å². The van der Waals surface area contributed by atoms with Gasteiger partial charge in [-0.05, 0) is 43.9 Å². The SMILES string of the molecule is CC(NC1CCCCNC1=O)c1ccc(F)cc1Cl. The van der Waals surface area contributed by atoms with Crippen molar-refractivity contribution in [3.8, 4) is 0 Å². The predicted octanol–water partition coefficient (Wildman–Crippen LogP) is 2.80. The zero-order valence-corrected chi connectivity index (χ0v) is 11.6. The number of hydrogen-bond donors (Lipinski definition) is 2. The van der Waals surface area contributed by atoms with E-state index >= 15 is 0 Å². The van der Waals surface area contributed by atoms with Gasteiger partial charge < -0.3 is 5.32 Å². The molecule has 0 aliphatic carbocycles. The first-order chi connectivity index (χ1) is 9.08. The van der Waals surface area contributed by atoms with Gasteiger partial charge in [0.25, 0.3) is 0 Å². The van der Waals surface area contributed by atoms with Gasteiger partial charge in [-0.1, -0.05) is 17.7 Å². The predicted molar refractivity (Wildman–Crippen MR) is 73.6 cm³/mol. The molecule has 5 heteroatoms. The van der Waals surface area contributed by atoms with Crippen LogP contribution in [0.25, 0.3) is 0 Å². The van der Waals surface area contributed by atoms with Crippen LogP contribution >= 0.6 is 11.6 Å². The highest BCUT2D eigenvalue weighted by Gasteiger charge is 2.23. The Morgan fingerprint density at radius 2 is 2.26 bits per heavy atom. The number of halogens is 2. The van der Waals surface area contributed by atoms with E-state index in [0.29, 0.717) is 5.02 Å². The topological polar surface area (TPSA) is 41.1 Å². The molecule has 0 aromatic heterocycles. The van der Waals surface area contributed by atoms with Gasteiger partial charge in [-0.25, -0.2) is 4.39 Å². The van der Waals surface area contributed by atoms with E-state index in [1.165, 1.54) is 12.1 Å². The molecule has 1 heterocycles. The summed E-state index contributed by atoms with van der Waals surface area (Å²) < 4.78 is 13.0. The summed E-state index contributed by atoms with van der Waals surface area (Å²) in [4.78, 5) is 11.9. The standard InChI is InChI=1S/C14H18ClFN2O/c1-9(11-6-5-10(16)8-12(11)15)18-13-4-2-3-7-17-14(13)19/h5-6,8-9,13,18H,2-4,7H2,1H3,(H,17,19). The van der Waals surface area contributed by atoms with Crippen molar-refractivity contribution in [1.82, 2.24) is 10.6 Å². The van der Waals surface area contributed by atoms with E-state index in [-0.39, 0.29) is 23.8 Å². The zero-order chi connectivity index (χ0) is 13.8.